The molecule has 1 fully saturated rings. The third-order valence-electron chi connectivity index (χ3n) is 4.02. The van der Waals surface area contributed by atoms with E-state index in [1.807, 2.05) is 0 Å². The zero-order valence-electron chi connectivity index (χ0n) is 15.2. The summed E-state index contributed by atoms with van der Waals surface area (Å²) in [4.78, 5) is 47.9. The first-order valence-corrected chi connectivity index (χ1v) is 10.1. The van der Waals surface area contributed by atoms with Crippen molar-refractivity contribution in [3.05, 3.63) is 73.1 Å². The van der Waals surface area contributed by atoms with Crippen molar-refractivity contribution in [2.75, 3.05) is 6.61 Å². The molecule has 3 rings (SSSR count). The SMILES string of the molecule is NC(=O)COc1ccc(Br)cc1/C=C1\SC(=O)N(Cc2ccccc2[N+](=O)[O-])C1=O. The van der Waals surface area contributed by atoms with E-state index in [1.165, 1.54) is 24.3 Å². The Morgan fingerprint density at radius 3 is 2.70 bits per heavy atom. The Kier molecular flexibility index (Phi) is 6.53. The van der Waals surface area contributed by atoms with Gasteiger partial charge in [0.25, 0.3) is 22.7 Å². The molecule has 11 heteroatoms. The molecule has 2 aromatic rings. The molecule has 1 saturated heterocycles. The molecular formula is C19H14BrN3O6S. The van der Waals surface area contributed by atoms with Crippen LogP contribution in [0.25, 0.3) is 6.08 Å². The second kappa shape index (κ2) is 9.09. The summed E-state index contributed by atoms with van der Waals surface area (Å²) >= 11 is 4.04. The van der Waals surface area contributed by atoms with Gasteiger partial charge in [0.05, 0.1) is 16.4 Å². The number of hydrogen-bond donors (Lipinski definition) is 1. The van der Waals surface area contributed by atoms with Crippen LogP contribution in [0.15, 0.2) is 51.8 Å². The number of benzene rings is 2. The lowest BCUT2D eigenvalue weighted by molar-refractivity contribution is -0.385. The Morgan fingerprint density at radius 2 is 2.00 bits per heavy atom. The maximum atomic E-state index is 12.8. The number of nitrogens with zero attached hydrogens (tertiary/aromatic N) is 2. The van der Waals surface area contributed by atoms with Gasteiger partial charge >= 0.3 is 0 Å². The molecule has 2 aromatic carbocycles. The number of carbonyl (C=O) groups is 3. The number of halogens is 1. The van der Waals surface area contributed by atoms with Crippen molar-refractivity contribution >= 4 is 56.5 Å². The molecule has 0 saturated carbocycles. The largest absolute Gasteiger partial charge is 0.483 e. The van der Waals surface area contributed by atoms with Crippen molar-refractivity contribution in [3.63, 3.8) is 0 Å². The maximum absolute atomic E-state index is 12.8. The predicted molar refractivity (Wildman–Crippen MR) is 113 cm³/mol. The van der Waals surface area contributed by atoms with E-state index in [9.17, 15) is 24.5 Å². The zero-order chi connectivity index (χ0) is 21.8. The highest BCUT2D eigenvalue weighted by molar-refractivity contribution is 9.10. The number of primary amides is 1. The molecule has 0 aliphatic carbocycles. The fourth-order valence-electron chi connectivity index (χ4n) is 2.68. The summed E-state index contributed by atoms with van der Waals surface area (Å²) in [5.41, 5.74) is 5.64. The molecule has 154 valence electrons. The number of carbonyl (C=O) groups excluding carboxylic acids is 3. The van der Waals surface area contributed by atoms with E-state index in [0.717, 1.165) is 4.90 Å². The first-order chi connectivity index (χ1) is 14.3. The normalized spacial score (nSPS) is 15.0. The highest BCUT2D eigenvalue weighted by atomic mass is 79.9. The quantitative estimate of drug-likeness (QED) is 0.356. The number of hydrogen-bond acceptors (Lipinski definition) is 7. The van der Waals surface area contributed by atoms with Gasteiger partial charge in [-0.1, -0.05) is 34.1 Å². The number of thioether (sulfide) groups is 1. The van der Waals surface area contributed by atoms with E-state index in [4.69, 9.17) is 10.5 Å². The number of nitro groups is 1. The van der Waals surface area contributed by atoms with Gasteiger partial charge in [-0.25, -0.2) is 0 Å². The van der Waals surface area contributed by atoms with Gasteiger partial charge in [0.15, 0.2) is 6.61 Å². The van der Waals surface area contributed by atoms with Crippen molar-refractivity contribution in [1.29, 1.82) is 0 Å². The van der Waals surface area contributed by atoms with Crippen molar-refractivity contribution in [3.8, 4) is 5.75 Å². The Labute approximate surface area is 183 Å². The third kappa shape index (κ3) is 4.86. The van der Waals surface area contributed by atoms with Crippen LogP contribution in [0.1, 0.15) is 11.1 Å². The van der Waals surface area contributed by atoms with Gasteiger partial charge in [-0.05, 0) is 36.0 Å². The second-order valence-corrected chi connectivity index (χ2v) is 8.00. The molecule has 1 heterocycles. The van der Waals surface area contributed by atoms with E-state index in [0.29, 0.717) is 27.5 Å². The zero-order valence-corrected chi connectivity index (χ0v) is 17.6. The van der Waals surface area contributed by atoms with Crippen LogP contribution in [0.2, 0.25) is 0 Å². The lowest BCUT2D eigenvalue weighted by Crippen LogP contribution is -2.27. The number of amides is 3. The van der Waals surface area contributed by atoms with E-state index in [1.54, 1.807) is 24.3 Å². The first kappa shape index (κ1) is 21.5. The van der Waals surface area contributed by atoms with Gasteiger partial charge < -0.3 is 10.5 Å². The number of nitro benzene ring substituents is 1. The number of rotatable bonds is 7. The lowest BCUT2D eigenvalue weighted by atomic mass is 10.1. The van der Waals surface area contributed by atoms with Crippen LogP contribution in [0.5, 0.6) is 5.75 Å². The fraction of sp³-hybridized carbons (Fsp3) is 0.105. The standard InChI is InChI=1S/C19H14BrN3O6S/c20-13-5-6-15(29-10-17(21)24)12(7-13)8-16-18(25)22(19(26)30-16)9-11-3-1-2-4-14(11)23(27)28/h1-8H,9-10H2,(H2,21,24)/b16-8-. The van der Waals surface area contributed by atoms with Crippen LogP contribution in [0, 0.1) is 10.1 Å². The Bertz CT molecular complexity index is 1090. The van der Waals surface area contributed by atoms with E-state index in [-0.39, 0.29) is 29.3 Å². The summed E-state index contributed by atoms with van der Waals surface area (Å²) in [6, 6.07) is 10.9. The monoisotopic (exact) mass is 491 g/mol. The van der Waals surface area contributed by atoms with Crippen molar-refractivity contribution in [1.82, 2.24) is 4.90 Å². The molecule has 0 spiro atoms. The highest BCUT2D eigenvalue weighted by Crippen LogP contribution is 2.36. The van der Waals surface area contributed by atoms with Crippen molar-refractivity contribution in [2.45, 2.75) is 6.54 Å². The van der Waals surface area contributed by atoms with Gasteiger partial charge in [-0.3, -0.25) is 29.4 Å². The highest BCUT2D eigenvalue weighted by Gasteiger charge is 2.36. The molecule has 30 heavy (non-hydrogen) atoms. The summed E-state index contributed by atoms with van der Waals surface area (Å²) in [6.45, 7) is -0.565. The van der Waals surface area contributed by atoms with Gasteiger partial charge in [-0.2, -0.15) is 0 Å². The molecule has 9 nitrogen and oxygen atoms in total. The molecule has 0 radical (unpaired) electrons. The fourth-order valence-corrected chi connectivity index (χ4v) is 3.89. The molecular weight excluding hydrogens is 478 g/mol. The predicted octanol–water partition coefficient (Wildman–Crippen LogP) is 3.46. The number of nitrogens with two attached hydrogens (primary N) is 1. The van der Waals surface area contributed by atoms with E-state index >= 15 is 0 Å². The van der Waals surface area contributed by atoms with Gasteiger partial charge in [0.2, 0.25) is 0 Å². The summed E-state index contributed by atoms with van der Waals surface area (Å²) < 4.78 is 6.05. The summed E-state index contributed by atoms with van der Waals surface area (Å²) in [6.07, 6.45) is 1.46. The minimum Gasteiger partial charge on any atom is -0.483 e. The summed E-state index contributed by atoms with van der Waals surface area (Å²) in [5, 5.41) is 10.6. The molecule has 1 aliphatic rings. The lowest BCUT2D eigenvalue weighted by Gasteiger charge is -2.12. The third-order valence-corrected chi connectivity index (χ3v) is 5.42. The van der Waals surface area contributed by atoms with Gasteiger partial charge in [-0.15, -0.1) is 0 Å². The Morgan fingerprint density at radius 1 is 1.27 bits per heavy atom. The average Bonchev–Trinajstić information content (AvgIpc) is 2.95. The summed E-state index contributed by atoms with van der Waals surface area (Å²) in [5.74, 6) is -0.930. The maximum Gasteiger partial charge on any atom is 0.293 e. The molecule has 0 atom stereocenters. The molecule has 2 N–H and O–H groups in total. The van der Waals surface area contributed by atoms with Crippen LogP contribution in [-0.4, -0.2) is 33.5 Å². The minimum atomic E-state index is -0.659. The average molecular weight is 492 g/mol. The van der Waals surface area contributed by atoms with Crippen LogP contribution < -0.4 is 10.5 Å². The van der Waals surface area contributed by atoms with Crippen molar-refractivity contribution in [2.24, 2.45) is 5.73 Å². The number of ether oxygens (including phenoxy) is 1. The van der Waals surface area contributed by atoms with Gasteiger partial charge in [0, 0.05) is 21.7 Å². The van der Waals surface area contributed by atoms with Crippen molar-refractivity contribution < 1.29 is 24.0 Å². The van der Waals surface area contributed by atoms with E-state index < -0.39 is 22.0 Å². The topological polar surface area (TPSA) is 133 Å². The smallest absolute Gasteiger partial charge is 0.293 e. The minimum absolute atomic E-state index is 0.126. The van der Waals surface area contributed by atoms with Crippen LogP contribution in [-0.2, 0) is 16.1 Å². The second-order valence-electron chi connectivity index (χ2n) is 6.09. The van der Waals surface area contributed by atoms with Gasteiger partial charge in [0.1, 0.15) is 5.75 Å². The number of imide groups is 1. The molecule has 1 aliphatic heterocycles. The Hall–Kier alpha value is -3.18. The summed E-state index contributed by atoms with van der Waals surface area (Å²) in [7, 11) is 0. The molecule has 0 aromatic heterocycles. The van der Waals surface area contributed by atoms with Crippen LogP contribution >= 0.6 is 27.7 Å². The Balaban J connectivity index is 1.88. The number of para-hydroxylation sites is 1. The molecule has 0 bridgehead atoms. The van der Waals surface area contributed by atoms with E-state index in [2.05, 4.69) is 15.9 Å². The van der Waals surface area contributed by atoms with Crippen LogP contribution in [0.4, 0.5) is 10.5 Å². The molecule has 3 amide bonds. The molecule has 0 unspecified atom stereocenters. The van der Waals surface area contributed by atoms with Crippen LogP contribution in [0.3, 0.4) is 0 Å². The first-order valence-electron chi connectivity index (χ1n) is 8.44.